The minimum atomic E-state index is 1.06. The molecule has 1 nitrogen and oxygen atoms in total. The fourth-order valence-electron chi connectivity index (χ4n) is 3.95. The van der Waals surface area contributed by atoms with Gasteiger partial charge in [0.2, 0.25) is 0 Å². The van der Waals surface area contributed by atoms with Crippen molar-refractivity contribution in [1.29, 1.82) is 0 Å². The van der Waals surface area contributed by atoms with E-state index >= 15 is 0 Å². The van der Waals surface area contributed by atoms with Gasteiger partial charge in [0.05, 0.1) is 11.4 Å². The molecule has 144 valence electrons. The zero-order valence-electron chi connectivity index (χ0n) is 16.4. The second-order valence-corrected chi connectivity index (χ2v) is 8.03. The SMILES string of the molecule is Brc1ccc2ccccc2c1N(c1ccccc1)c1ccccc1-c1ccccc1. The summed E-state index contributed by atoms with van der Waals surface area (Å²) in [5, 5.41) is 2.42. The van der Waals surface area contributed by atoms with Crippen LogP contribution in [0.15, 0.2) is 126 Å². The number of rotatable bonds is 4. The summed E-state index contributed by atoms with van der Waals surface area (Å²) in [4.78, 5) is 2.36. The first kappa shape index (κ1) is 18.7. The van der Waals surface area contributed by atoms with E-state index in [1.807, 2.05) is 0 Å². The van der Waals surface area contributed by atoms with E-state index in [-0.39, 0.29) is 0 Å². The molecule has 5 aromatic rings. The predicted molar refractivity (Wildman–Crippen MR) is 132 cm³/mol. The highest BCUT2D eigenvalue weighted by Gasteiger charge is 2.20. The molecule has 0 radical (unpaired) electrons. The zero-order chi connectivity index (χ0) is 20.3. The minimum Gasteiger partial charge on any atom is -0.308 e. The van der Waals surface area contributed by atoms with Gasteiger partial charge < -0.3 is 4.90 Å². The van der Waals surface area contributed by atoms with E-state index in [4.69, 9.17) is 0 Å². The molecule has 2 heteroatoms. The van der Waals surface area contributed by atoms with Crippen molar-refractivity contribution in [2.75, 3.05) is 4.90 Å². The normalized spacial score (nSPS) is 10.8. The molecule has 0 bridgehead atoms. The van der Waals surface area contributed by atoms with Gasteiger partial charge in [-0.2, -0.15) is 0 Å². The minimum absolute atomic E-state index is 1.06. The molecule has 0 aliphatic heterocycles. The predicted octanol–water partition coefficient (Wildman–Crippen LogP) is 8.74. The molecule has 0 N–H and O–H groups in total. The van der Waals surface area contributed by atoms with Crippen molar-refractivity contribution in [3.05, 3.63) is 126 Å². The van der Waals surface area contributed by atoms with Crippen molar-refractivity contribution in [3.8, 4) is 11.1 Å². The number of anilines is 3. The van der Waals surface area contributed by atoms with Crippen LogP contribution < -0.4 is 4.90 Å². The molecule has 5 aromatic carbocycles. The number of halogens is 1. The standard InChI is InChI=1S/C28H20BrN/c29-26-20-19-22-13-7-8-17-25(22)28(26)30(23-14-5-2-6-15-23)27-18-10-9-16-24(27)21-11-3-1-4-12-21/h1-20H. The molecular formula is C28H20BrN. The van der Waals surface area contributed by atoms with Crippen molar-refractivity contribution < 1.29 is 0 Å². The highest BCUT2D eigenvalue weighted by Crippen LogP contribution is 2.46. The van der Waals surface area contributed by atoms with Gasteiger partial charge in [-0.05, 0) is 51.1 Å². The van der Waals surface area contributed by atoms with Gasteiger partial charge in [0, 0.05) is 21.1 Å². The van der Waals surface area contributed by atoms with Gasteiger partial charge in [-0.3, -0.25) is 0 Å². The maximum atomic E-state index is 3.85. The van der Waals surface area contributed by atoms with Gasteiger partial charge in [0.25, 0.3) is 0 Å². The van der Waals surface area contributed by atoms with E-state index in [1.165, 1.54) is 21.9 Å². The summed E-state index contributed by atoms with van der Waals surface area (Å²) in [6, 6.07) is 42.6. The van der Waals surface area contributed by atoms with E-state index in [9.17, 15) is 0 Å². The molecule has 0 amide bonds. The van der Waals surface area contributed by atoms with Crippen molar-refractivity contribution in [3.63, 3.8) is 0 Å². The average molecular weight is 450 g/mol. The lowest BCUT2D eigenvalue weighted by atomic mass is 10.0. The van der Waals surface area contributed by atoms with E-state index in [2.05, 4.69) is 142 Å². The molecule has 0 heterocycles. The fraction of sp³-hybridized carbons (Fsp3) is 0. The third-order valence-electron chi connectivity index (χ3n) is 5.32. The van der Waals surface area contributed by atoms with Crippen LogP contribution >= 0.6 is 15.9 Å². The molecule has 5 rings (SSSR count). The van der Waals surface area contributed by atoms with Gasteiger partial charge in [0.15, 0.2) is 0 Å². The lowest BCUT2D eigenvalue weighted by Gasteiger charge is -2.30. The Balaban J connectivity index is 1.84. The third kappa shape index (κ3) is 3.40. The Morgan fingerprint density at radius 3 is 1.97 bits per heavy atom. The van der Waals surface area contributed by atoms with Gasteiger partial charge in [0.1, 0.15) is 0 Å². The lowest BCUT2D eigenvalue weighted by molar-refractivity contribution is 1.29. The average Bonchev–Trinajstić information content (AvgIpc) is 2.82. The summed E-state index contributed by atoms with van der Waals surface area (Å²) >= 11 is 3.85. The Morgan fingerprint density at radius 2 is 1.17 bits per heavy atom. The van der Waals surface area contributed by atoms with Crippen LogP contribution in [0.1, 0.15) is 0 Å². The van der Waals surface area contributed by atoms with Crippen molar-refractivity contribution in [1.82, 2.24) is 0 Å². The fourth-order valence-corrected chi connectivity index (χ4v) is 4.48. The largest absolute Gasteiger partial charge is 0.308 e. The Kier molecular flexibility index (Phi) is 5.08. The van der Waals surface area contributed by atoms with Crippen molar-refractivity contribution in [2.24, 2.45) is 0 Å². The summed E-state index contributed by atoms with van der Waals surface area (Å²) in [6.45, 7) is 0. The maximum Gasteiger partial charge on any atom is 0.0682 e. The topological polar surface area (TPSA) is 3.24 Å². The van der Waals surface area contributed by atoms with Gasteiger partial charge in [-0.25, -0.2) is 0 Å². The molecule has 0 fully saturated rings. The van der Waals surface area contributed by atoms with E-state index in [0.717, 1.165) is 21.5 Å². The lowest BCUT2D eigenvalue weighted by Crippen LogP contribution is -2.12. The van der Waals surface area contributed by atoms with Crippen LogP contribution in [0.4, 0.5) is 17.1 Å². The Bertz CT molecular complexity index is 1300. The Hall–Kier alpha value is -3.36. The third-order valence-corrected chi connectivity index (χ3v) is 5.96. The smallest absolute Gasteiger partial charge is 0.0682 e. The second kappa shape index (κ2) is 8.17. The summed E-state index contributed by atoms with van der Waals surface area (Å²) in [6.07, 6.45) is 0. The first-order valence-electron chi connectivity index (χ1n) is 10.00. The van der Waals surface area contributed by atoms with Crippen LogP contribution in [-0.4, -0.2) is 0 Å². The molecule has 0 saturated carbocycles. The van der Waals surface area contributed by atoms with Crippen LogP contribution in [0.25, 0.3) is 21.9 Å². The van der Waals surface area contributed by atoms with Crippen LogP contribution in [-0.2, 0) is 0 Å². The Labute approximate surface area is 185 Å². The summed E-state index contributed by atoms with van der Waals surface area (Å²) in [5.41, 5.74) is 5.81. The van der Waals surface area contributed by atoms with E-state index in [1.54, 1.807) is 0 Å². The van der Waals surface area contributed by atoms with Gasteiger partial charge in [-0.1, -0.05) is 97.1 Å². The maximum absolute atomic E-state index is 3.85. The monoisotopic (exact) mass is 449 g/mol. The highest BCUT2D eigenvalue weighted by molar-refractivity contribution is 9.10. The van der Waals surface area contributed by atoms with Crippen LogP contribution in [0.2, 0.25) is 0 Å². The number of hydrogen-bond acceptors (Lipinski definition) is 1. The zero-order valence-corrected chi connectivity index (χ0v) is 18.0. The first-order valence-corrected chi connectivity index (χ1v) is 10.8. The van der Waals surface area contributed by atoms with Crippen molar-refractivity contribution in [2.45, 2.75) is 0 Å². The second-order valence-electron chi connectivity index (χ2n) is 7.17. The molecular weight excluding hydrogens is 430 g/mol. The quantitative estimate of drug-likeness (QED) is 0.265. The van der Waals surface area contributed by atoms with Crippen LogP contribution in [0, 0.1) is 0 Å². The van der Waals surface area contributed by atoms with Gasteiger partial charge in [-0.15, -0.1) is 0 Å². The molecule has 0 saturated heterocycles. The van der Waals surface area contributed by atoms with E-state index in [0.29, 0.717) is 0 Å². The summed E-state index contributed by atoms with van der Waals surface area (Å²) < 4.78 is 1.06. The summed E-state index contributed by atoms with van der Waals surface area (Å²) in [7, 11) is 0. The number of hydrogen-bond donors (Lipinski definition) is 0. The molecule has 0 aliphatic carbocycles. The van der Waals surface area contributed by atoms with Crippen LogP contribution in [0.3, 0.4) is 0 Å². The van der Waals surface area contributed by atoms with Crippen molar-refractivity contribution >= 4 is 43.8 Å². The molecule has 0 aliphatic rings. The number of benzene rings is 5. The van der Waals surface area contributed by atoms with Gasteiger partial charge >= 0.3 is 0 Å². The number of fused-ring (bicyclic) bond motifs is 1. The molecule has 0 atom stereocenters. The van der Waals surface area contributed by atoms with Crippen LogP contribution in [0.5, 0.6) is 0 Å². The molecule has 0 aromatic heterocycles. The first-order chi connectivity index (χ1) is 14.8. The van der Waals surface area contributed by atoms with E-state index < -0.39 is 0 Å². The molecule has 0 unspecified atom stereocenters. The number of para-hydroxylation sites is 2. The summed E-state index contributed by atoms with van der Waals surface area (Å²) in [5.74, 6) is 0. The molecule has 0 spiro atoms. The molecule has 30 heavy (non-hydrogen) atoms. The highest BCUT2D eigenvalue weighted by atomic mass is 79.9. The Morgan fingerprint density at radius 1 is 0.533 bits per heavy atom. The number of nitrogens with zero attached hydrogens (tertiary/aromatic N) is 1.